The lowest BCUT2D eigenvalue weighted by molar-refractivity contribution is -0.140. The molecule has 2 N–H and O–H groups in total. The van der Waals surface area contributed by atoms with Crippen molar-refractivity contribution in [3.63, 3.8) is 0 Å². The van der Waals surface area contributed by atoms with Crippen molar-refractivity contribution >= 4 is 23.6 Å². The molecule has 190 valence electrons. The molecule has 3 amide bonds. The Balaban J connectivity index is 2.36. The van der Waals surface area contributed by atoms with Gasteiger partial charge in [0.2, 0.25) is 5.91 Å². The van der Waals surface area contributed by atoms with Crippen LogP contribution in [0.2, 0.25) is 0 Å². The van der Waals surface area contributed by atoms with Crippen LogP contribution in [0.25, 0.3) is 0 Å². The molecule has 0 aliphatic heterocycles. The summed E-state index contributed by atoms with van der Waals surface area (Å²) >= 11 is 0. The minimum Gasteiger partial charge on any atom is -0.497 e. The Morgan fingerprint density at radius 1 is 0.971 bits per heavy atom. The second-order valence-corrected chi connectivity index (χ2v) is 9.79. The average Bonchev–Trinajstić information content (AvgIpc) is 2.77. The highest BCUT2D eigenvalue weighted by molar-refractivity contribution is 5.99. The highest BCUT2D eigenvalue weighted by Crippen LogP contribution is 2.27. The smallest absolute Gasteiger partial charge is 0.408 e. The molecule has 8 heteroatoms. The van der Waals surface area contributed by atoms with Crippen LogP contribution in [0.15, 0.2) is 48.5 Å². The number of ether oxygens (including phenoxy) is 2. The van der Waals surface area contributed by atoms with Gasteiger partial charge >= 0.3 is 6.09 Å². The van der Waals surface area contributed by atoms with Gasteiger partial charge in [-0.05, 0) is 69.0 Å². The number of hydrogen-bond donors (Lipinski definition) is 2. The highest BCUT2D eigenvalue weighted by Gasteiger charge is 2.36. The molecule has 0 saturated carbocycles. The minimum atomic E-state index is -0.924. The number of carbonyl (C=O) groups is 3. The molecule has 2 rings (SSSR count). The zero-order valence-corrected chi connectivity index (χ0v) is 21.8. The number of nitrogens with zero attached hydrogens (tertiary/aromatic N) is 1. The molecule has 0 heterocycles. The number of aryl methyl sites for hydroxylation is 1. The van der Waals surface area contributed by atoms with E-state index in [0.29, 0.717) is 17.0 Å². The van der Waals surface area contributed by atoms with Gasteiger partial charge in [0, 0.05) is 12.7 Å². The molecular formula is C27H37N3O5. The molecule has 0 aliphatic rings. The van der Waals surface area contributed by atoms with Crippen molar-refractivity contribution in [1.82, 2.24) is 10.2 Å². The summed E-state index contributed by atoms with van der Waals surface area (Å²) < 4.78 is 10.5. The van der Waals surface area contributed by atoms with Crippen LogP contribution < -0.4 is 15.4 Å². The van der Waals surface area contributed by atoms with E-state index in [-0.39, 0.29) is 11.8 Å². The summed E-state index contributed by atoms with van der Waals surface area (Å²) in [6.07, 6.45) is -0.687. The molecule has 0 saturated heterocycles. The first-order valence-corrected chi connectivity index (χ1v) is 11.6. The van der Waals surface area contributed by atoms with Gasteiger partial charge in [-0.1, -0.05) is 38.1 Å². The maximum Gasteiger partial charge on any atom is 0.408 e. The maximum atomic E-state index is 13.6. The number of hydrogen-bond acceptors (Lipinski definition) is 5. The Morgan fingerprint density at radius 3 is 2.09 bits per heavy atom. The Hall–Kier alpha value is -3.55. The molecule has 0 spiro atoms. The number of rotatable bonds is 8. The SMILES string of the molecule is COc1ccc(NC(=O)C(c2ccccc2C)N(C)C(=O)C(NC(=O)OC(C)(C)C)C(C)C)cc1. The summed E-state index contributed by atoms with van der Waals surface area (Å²) in [4.78, 5) is 40.9. The number of likely N-dealkylation sites (N-methyl/N-ethyl adjacent to an activating group) is 1. The van der Waals surface area contributed by atoms with Gasteiger partial charge in [0.15, 0.2) is 0 Å². The highest BCUT2D eigenvalue weighted by atomic mass is 16.6. The largest absolute Gasteiger partial charge is 0.497 e. The third-order valence-electron chi connectivity index (χ3n) is 5.43. The van der Waals surface area contributed by atoms with E-state index >= 15 is 0 Å². The fraction of sp³-hybridized carbons (Fsp3) is 0.444. The quantitative estimate of drug-likeness (QED) is 0.568. The number of anilines is 1. The van der Waals surface area contributed by atoms with E-state index in [1.165, 1.54) is 4.90 Å². The van der Waals surface area contributed by atoms with Crippen molar-refractivity contribution in [3.8, 4) is 5.75 Å². The number of nitrogens with one attached hydrogen (secondary N) is 2. The molecule has 2 aromatic carbocycles. The Labute approximate surface area is 208 Å². The van der Waals surface area contributed by atoms with E-state index in [1.54, 1.807) is 59.2 Å². The topological polar surface area (TPSA) is 97.0 Å². The summed E-state index contributed by atoms with van der Waals surface area (Å²) in [7, 11) is 3.14. The van der Waals surface area contributed by atoms with Crippen LogP contribution in [-0.2, 0) is 14.3 Å². The Morgan fingerprint density at radius 2 is 1.57 bits per heavy atom. The van der Waals surface area contributed by atoms with Crippen LogP contribution in [-0.4, -0.2) is 48.6 Å². The summed E-state index contributed by atoms with van der Waals surface area (Å²) in [6, 6.07) is 12.6. The van der Waals surface area contributed by atoms with Gasteiger partial charge in [-0.2, -0.15) is 0 Å². The van der Waals surface area contributed by atoms with Crippen LogP contribution in [0.3, 0.4) is 0 Å². The minimum absolute atomic E-state index is 0.236. The Kier molecular flexibility index (Phi) is 9.28. The first kappa shape index (κ1) is 27.7. The monoisotopic (exact) mass is 483 g/mol. The van der Waals surface area contributed by atoms with Gasteiger partial charge in [0.1, 0.15) is 23.4 Å². The number of alkyl carbamates (subject to hydrolysis) is 1. The summed E-state index contributed by atoms with van der Waals surface area (Å²) in [5, 5.41) is 5.57. The van der Waals surface area contributed by atoms with Gasteiger partial charge in [-0.25, -0.2) is 4.79 Å². The Bertz CT molecular complexity index is 1030. The number of benzene rings is 2. The van der Waals surface area contributed by atoms with Crippen LogP contribution in [0.5, 0.6) is 5.75 Å². The lowest BCUT2D eigenvalue weighted by Crippen LogP contribution is -2.53. The van der Waals surface area contributed by atoms with Gasteiger partial charge < -0.3 is 25.0 Å². The molecule has 2 aromatic rings. The zero-order valence-electron chi connectivity index (χ0n) is 21.8. The second-order valence-electron chi connectivity index (χ2n) is 9.79. The van der Waals surface area contributed by atoms with E-state index in [0.717, 1.165) is 5.56 Å². The van der Waals surface area contributed by atoms with E-state index in [2.05, 4.69) is 10.6 Å². The number of carbonyl (C=O) groups excluding carboxylic acids is 3. The predicted molar refractivity (Wildman–Crippen MR) is 136 cm³/mol. The van der Waals surface area contributed by atoms with Crippen LogP contribution in [0.4, 0.5) is 10.5 Å². The molecule has 0 aromatic heterocycles. The maximum absolute atomic E-state index is 13.6. The third kappa shape index (κ3) is 7.73. The molecule has 2 atom stereocenters. The van der Waals surface area contributed by atoms with Gasteiger partial charge in [-0.3, -0.25) is 9.59 Å². The molecule has 2 unspecified atom stereocenters. The van der Waals surface area contributed by atoms with E-state index in [1.807, 2.05) is 45.0 Å². The molecule has 35 heavy (non-hydrogen) atoms. The molecule has 0 radical (unpaired) electrons. The van der Waals surface area contributed by atoms with Crippen molar-refractivity contribution in [3.05, 3.63) is 59.7 Å². The molecular weight excluding hydrogens is 446 g/mol. The number of amides is 3. The van der Waals surface area contributed by atoms with Crippen molar-refractivity contribution < 1.29 is 23.9 Å². The molecule has 0 fully saturated rings. The van der Waals surface area contributed by atoms with Gasteiger partial charge in [0.25, 0.3) is 5.91 Å². The number of methoxy groups -OCH3 is 1. The first-order valence-electron chi connectivity index (χ1n) is 11.6. The second kappa shape index (κ2) is 11.7. The van der Waals surface area contributed by atoms with Crippen molar-refractivity contribution in [1.29, 1.82) is 0 Å². The molecule has 0 aliphatic carbocycles. The third-order valence-corrected chi connectivity index (χ3v) is 5.43. The lowest BCUT2D eigenvalue weighted by Gasteiger charge is -2.33. The van der Waals surface area contributed by atoms with Gasteiger partial charge in [-0.15, -0.1) is 0 Å². The van der Waals surface area contributed by atoms with Crippen LogP contribution in [0.1, 0.15) is 51.8 Å². The fourth-order valence-corrected chi connectivity index (χ4v) is 3.60. The lowest BCUT2D eigenvalue weighted by atomic mass is 9.97. The van der Waals surface area contributed by atoms with E-state index in [4.69, 9.17) is 9.47 Å². The van der Waals surface area contributed by atoms with Crippen molar-refractivity contribution in [2.45, 2.75) is 59.2 Å². The summed E-state index contributed by atoms with van der Waals surface area (Å²) in [5.41, 5.74) is 1.42. The van der Waals surface area contributed by atoms with Crippen molar-refractivity contribution in [2.75, 3.05) is 19.5 Å². The van der Waals surface area contributed by atoms with Gasteiger partial charge in [0.05, 0.1) is 7.11 Å². The normalized spacial score (nSPS) is 12.9. The summed E-state index contributed by atoms with van der Waals surface area (Å²) in [5.74, 6) is -0.345. The van der Waals surface area contributed by atoms with Crippen molar-refractivity contribution in [2.24, 2.45) is 5.92 Å². The molecule has 8 nitrogen and oxygen atoms in total. The zero-order chi connectivity index (χ0) is 26.3. The van der Waals surface area contributed by atoms with E-state index in [9.17, 15) is 14.4 Å². The van der Waals surface area contributed by atoms with E-state index < -0.39 is 29.7 Å². The first-order chi connectivity index (χ1) is 16.3. The fourth-order valence-electron chi connectivity index (χ4n) is 3.60. The van der Waals surface area contributed by atoms with Crippen LogP contribution >= 0.6 is 0 Å². The average molecular weight is 484 g/mol. The predicted octanol–water partition coefficient (Wildman–Crippen LogP) is 4.69. The standard InChI is InChI=1S/C27H37N3O5/c1-17(2)22(29-26(33)35-27(4,5)6)25(32)30(7)23(21-12-10-9-11-18(21)3)24(31)28-19-13-15-20(34-8)16-14-19/h9-17,22-23H,1-8H3,(H,28,31)(H,29,33). The molecule has 0 bridgehead atoms. The van der Waals surface area contributed by atoms with Crippen LogP contribution in [0, 0.1) is 12.8 Å². The summed E-state index contributed by atoms with van der Waals surface area (Å²) in [6.45, 7) is 10.8.